The Kier molecular flexibility index (Phi) is 3.68. The van der Waals surface area contributed by atoms with E-state index in [0.717, 1.165) is 24.0 Å². The van der Waals surface area contributed by atoms with Crippen LogP contribution < -0.4 is 5.32 Å². The smallest absolute Gasteiger partial charge is 0.0221 e. The summed E-state index contributed by atoms with van der Waals surface area (Å²) in [5.74, 6) is 1.01. The minimum absolute atomic E-state index is 0.742. The van der Waals surface area contributed by atoms with Crippen LogP contribution in [0, 0.1) is 5.92 Å². The molecule has 0 aromatic carbocycles. The summed E-state index contributed by atoms with van der Waals surface area (Å²) >= 11 is 0. The van der Waals surface area contributed by atoms with Gasteiger partial charge in [-0.05, 0) is 25.2 Å². The monoisotopic (exact) mass is 210 g/mol. The SMILES string of the molecule is CCC1CN(C2CC2CC)C(CC)CN1. The molecular weight excluding hydrogens is 184 g/mol. The molecule has 4 unspecified atom stereocenters. The predicted molar refractivity (Wildman–Crippen MR) is 65.1 cm³/mol. The second-order valence-corrected chi connectivity index (χ2v) is 5.24. The fraction of sp³-hybridized carbons (Fsp3) is 1.00. The molecule has 0 aromatic heterocycles. The van der Waals surface area contributed by atoms with E-state index in [0.29, 0.717) is 0 Å². The predicted octanol–water partition coefficient (Wildman–Crippen LogP) is 2.25. The molecule has 2 fully saturated rings. The molecule has 2 heteroatoms. The number of nitrogens with zero attached hydrogens (tertiary/aromatic N) is 1. The van der Waals surface area contributed by atoms with Gasteiger partial charge >= 0.3 is 0 Å². The molecular formula is C13H26N2. The molecule has 2 rings (SSSR count). The first-order valence-corrected chi connectivity index (χ1v) is 6.79. The molecule has 15 heavy (non-hydrogen) atoms. The first kappa shape index (κ1) is 11.4. The Morgan fingerprint density at radius 1 is 1.13 bits per heavy atom. The van der Waals surface area contributed by atoms with Crippen molar-refractivity contribution in [2.24, 2.45) is 5.92 Å². The standard InChI is InChI=1S/C13H26N2/c1-4-10-7-13(10)15-9-11(5-2)14-8-12(15)6-3/h10-14H,4-9H2,1-3H3. The van der Waals surface area contributed by atoms with Crippen LogP contribution in [-0.4, -0.2) is 36.1 Å². The van der Waals surface area contributed by atoms with E-state index in [1.807, 2.05) is 0 Å². The Morgan fingerprint density at radius 3 is 2.47 bits per heavy atom. The molecule has 4 atom stereocenters. The molecule has 88 valence electrons. The van der Waals surface area contributed by atoms with E-state index >= 15 is 0 Å². The van der Waals surface area contributed by atoms with E-state index in [4.69, 9.17) is 0 Å². The van der Waals surface area contributed by atoms with Crippen molar-refractivity contribution in [3.8, 4) is 0 Å². The quantitative estimate of drug-likeness (QED) is 0.765. The van der Waals surface area contributed by atoms with E-state index < -0.39 is 0 Å². The Morgan fingerprint density at radius 2 is 1.93 bits per heavy atom. The molecule has 0 spiro atoms. The first-order valence-electron chi connectivity index (χ1n) is 6.79. The fourth-order valence-corrected chi connectivity index (χ4v) is 3.02. The molecule has 1 N–H and O–H groups in total. The van der Waals surface area contributed by atoms with Crippen molar-refractivity contribution in [2.75, 3.05) is 13.1 Å². The molecule has 0 aromatic rings. The normalized spacial score (nSPS) is 41.8. The van der Waals surface area contributed by atoms with Crippen LogP contribution in [0.15, 0.2) is 0 Å². The Balaban J connectivity index is 1.92. The van der Waals surface area contributed by atoms with Crippen LogP contribution in [0.1, 0.15) is 46.5 Å². The topological polar surface area (TPSA) is 15.3 Å². The average Bonchev–Trinajstić information content (AvgIpc) is 3.07. The molecule has 2 nitrogen and oxygen atoms in total. The second-order valence-electron chi connectivity index (χ2n) is 5.24. The van der Waals surface area contributed by atoms with Gasteiger partial charge in [-0.15, -0.1) is 0 Å². The van der Waals surface area contributed by atoms with Crippen molar-refractivity contribution in [1.29, 1.82) is 0 Å². The molecule has 1 heterocycles. The maximum Gasteiger partial charge on any atom is 0.0221 e. The lowest BCUT2D eigenvalue weighted by molar-refractivity contribution is 0.110. The third-order valence-corrected chi connectivity index (χ3v) is 4.34. The Labute approximate surface area is 94.4 Å². The van der Waals surface area contributed by atoms with Gasteiger partial charge in [0.25, 0.3) is 0 Å². The highest BCUT2D eigenvalue weighted by atomic mass is 15.3. The summed E-state index contributed by atoms with van der Waals surface area (Å²) in [7, 11) is 0. The van der Waals surface area contributed by atoms with Crippen molar-refractivity contribution in [3.63, 3.8) is 0 Å². The van der Waals surface area contributed by atoms with Gasteiger partial charge in [0.2, 0.25) is 0 Å². The van der Waals surface area contributed by atoms with E-state index in [-0.39, 0.29) is 0 Å². The van der Waals surface area contributed by atoms with Crippen LogP contribution in [0.3, 0.4) is 0 Å². The summed E-state index contributed by atoms with van der Waals surface area (Å²) in [6.45, 7) is 9.46. The van der Waals surface area contributed by atoms with Crippen LogP contribution in [0.4, 0.5) is 0 Å². The summed E-state index contributed by atoms with van der Waals surface area (Å²) in [5.41, 5.74) is 0. The van der Waals surface area contributed by atoms with Crippen LogP contribution in [0.25, 0.3) is 0 Å². The van der Waals surface area contributed by atoms with E-state index in [1.165, 1.54) is 38.8 Å². The Hall–Kier alpha value is -0.0800. The molecule has 1 saturated carbocycles. The molecule has 0 amide bonds. The molecule has 0 bridgehead atoms. The second kappa shape index (κ2) is 4.84. The van der Waals surface area contributed by atoms with Crippen LogP contribution in [0.2, 0.25) is 0 Å². The molecule has 1 aliphatic heterocycles. The highest BCUT2D eigenvalue weighted by molar-refractivity contribution is 4.99. The zero-order valence-electron chi connectivity index (χ0n) is 10.5. The molecule has 1 saturated heterocycles. The highest BCUT2D eigenvalue weighted by Gasteiger charge is 2.44. The maximum atomic E-state index is 3.67. The van der Waals surface area contributed by atoms with Crippen molar-refractivity contribution < 1.29 is 0 Å². The fourth-order valence-electron chi connectivity index (χ4n) is 3.02. The maximum absolute atomic E-state index is 3.67. The van der Waals surface area contributed by atoms with E-state index in [9.17, 15) is 0 Å². The number of piperazine rings is 1. The first-order chi connectivity index (χ1) is 7.30. The van der Waals surface area contributed by atoms with Gasteiger partial charge in [-0.2, -0.15) is 0 Å². The van der Waals surface area contributed by atoms with Gasteiger partial charge in [0.15, 0.2) is 0 Å². The number of hydrogen-bond donors (Lipinski definition) is 1. The third kappa shape index (κ3) is 2.36. The van der Waals surface area contributed by atoms with Crippen LogP contribution in [-0.2, 0) is 0 Å². The lowest BCUT2D eigenvalue weighted by Gasteiger charge is -2.40. The number of rotatable bonds is 4. The number of hydrogen-bond acceptors (Lipinski definition) is 2. The van der Waals surface area contributed by atoms with Gasteiger partial charge in [0, 0.05) is 31.2 Å². The van der Waals surface area contributed by atoms with E-state index in [1.54, 1.807) is 0 Å². The zero-order chi connectivity index (χ0) is 10.8. The molecule has 1 aliphatic carbocycles. The van der Waals surface area contributed by atoms with Crippen molar-refractivity contribution >= 4 is 0 Å². The van der Waals surface area contributed by atoms with Gasteiger partial charge in [-0.25, -0.2) is 0 Å². The molecule has 0 radical (unpaired) electrons. The van der Waals surface area contributed by atoms with Crippen LogP contribution in [0.5, 0.6) is 0 Å². The summed E-state index contributed by atoms with van der Waals surface area (Å²) in [5, 5.41) is 3.67. The van der Waals surface area contributed by atoms with Crippen molar-refractivity contribution in [1.82, 2.24) is 10.2 Å². The zero-order valence-corrected chi connectivity index (χ0v) is 10.5. The van der Waals surface area contributed by atoms with E-state index in [2.05, 4.69) is 31.0 Å². The van der Waals surface area contributed by atoms with Gasteiger partial charge in [0.1, 0.15) is 0 Å². The highest BCUT2D eigenvalue weighted by Crippen LogP contribution is 2.40. The summed E-state index contributed by atoms with van der Waals surface area (Å²) < 4.78 is 0. The number of nitrogens with one attached hydrogen (secondary N) is 1. The van der Waals surface area contributed by atoms with Gasteiger partial charge in [-0.1, -0.05) is 27.2 Å². The minimum Gasteiger partial charge on any atom is -0.311 e. The largest absolute Gasteiger partial charge is 0.311 e. The molecule has 2 aliphatic rings. The Bertz CT molecular complexity index is 205. The average molecular weight is 210 g/mol. The summed E-state index contributed by atoms with van der Waals surface area (Å²) in [6.07, 6.45) is 5.41. The van der Waals surface area contributed by atoms with Gasteiger partial charge in [0.05, 0.1) is 0 Å². The van der Waals surface area contributed by atoms with Gasteiger partial charge in [-0.3, -0.25) is 4.90 Å². The van der Waals surface area contributed by atoms with Gasteiger partial charge < -0.3 is 5.32 Å². The summed E-state index contributed by atoms with van der Waals surface area (Å²) in [4.78, 5) is 2.80. The third-order valence-electron chi connectivity index (χ3n) is 4.34. The lowest BCUT2D eigenvalue weighted by Crippen LogP contribution is -2.57. The van der Waals surface area contributed by atoms with Crippen molar-refractivity contribution in [3.05, 3.63) is 0 Å². The van der Waals surface area contributed by atoms with Crippen LogP contribution >= 0.6 is 0 Å². The lowest BCUT2D eigenvalue weighted by atomic mass is 10.0. The minimum atomic E-state index is 0.742. The van der Waals surface area contributed by atoms with Crippen molar-refractivity contribution in [2.45, 2.75) is 64.6 Å². The summed E-state index contributed by atoms with van der Waals surface area (Å²) in [6, 6.07) is 2.47.